The Bertz CT molecular complexity index is 485. The highest BCUT2D eigenvalue weighted by Gasteiger charge is 2.31. The number of ether oxygens (including phenoxy) is 1. The normalized spacial score (nSPS) is 19.0. The van der Waals surface area contributed by atoms with Gasteiger partial charge in [-0.25, -0.2) is 4.79 Å². The fraction of sp³-hybridized carbons (Fsp3) is 0.385. The van der Waals surface area contributed by atoms with Gasteiger partial charge in [-0.05, 0) is 24.1 Å². The molecular weight excluding hydrogens is 230 g/mol. The van der Waals surface area contributed by atoms with Gasteiger partial charge in [-0.2, -0.15) is 4.99 Å². The van der Waals surface area contributed by atoms with E-state index in [1.807, 2.05) is 24.3 Å². The molecule has 5 heteroatoms. The maximum atomic E-state index is 11.5. The summed E-state index contributed by atoms with van der Waals surface area (Å²) in [6, 6.07) is 7.01. The standard InChI is InChI=1S/C13H17N3O2/c1-3-7-18-10-6-4-5-9(8-10)11-12(14)15-13(17)16(11)2/h4-6,8,11H,3,7H2,1-2H3,(H2,14,15,17). The van der Waals surface area contributed by atoms with Crippen molar-refractivity contribution in [3.63, 3.8) is 0 Å². The van der Waals surface area contributed by atoms with Crippen LogP contribution < -0.4 is 10.5 Å². The monoisotopic (exact) mass is 247 g/mol. The van der Waals surface area contributed by atoms with Crippen molar-refractivity contribution >= 4 is 11.9 Å². The molecular formula is C13H17N3O2. The SMILES string of the molecule is CCCOc1cccc(C2C(N)=NC(=O)N2C)c1. The molecule has 1 aromatic carbocycles. The van der Waals surface area contributed by atoms with Crippen LogP contribution in [-0.2, 0) is 0 Å². The summed E-state index contributed by atoms with van der Waals surface area (Å²) in [6.45, 7) is 2.73. The first kappa shape index (κ1) is 12.4. The fourth-order valence-corrected chi connectivity index (χ4v) is 1.95. The Hall–Kier alpha value is -2.04. The average molecular weight is 247 g/mol. The lowest BCUT2D eigenvalue weighted by atomic mass is 10.1. The number of hydrogen-bond donors (Lipinski definition) is 1. The van der Waals surface area contributed by atoms with Crippen LogP contribution >= 0.6 is 0 Å². The van der Waals surface area contributed by atoms with E-state index in [0.29, 0.717) is 12.4 Å². The number of nitrogens with two attached hydrogens (primary N) is 1. The van der Waals surface area contributed by atoms with Crippen LogP contribution in [0.25, 0.3) is 0 Å². The Kier molecular flexibility index (Phi) is 3.50. The van der Waals surface area contributed by atoms with Crippen molar-refractivity contribution in [3.05, 3.63) is 29.8 Å². The van der Waals surface area contributed by atoms with E-state index in [0.717, 1.165) is 17.7 Å². The second-order valence-corrected chi connectivity index (χ2v) is 4.25. The lowest BCUT2D eigenvalue weighted by Crippen LogP contribution is -2.30. The zero-order valence-corrected chi connectivity index (χ0v) is 10.6. The molecule has 5 nitrogen and oxygen atoms in total. The molecule has 0 saturated heterocycles. The van der Waals surface area contributed by atoms with E-state index in [-0.39, 0.29) is 12.1 Å². The molecule has 0 aromatic heterocycles. The number of urea groups is 1. The number of likely N-dealkylation sites (N-methyl/N-ethyl adjacent to an activating group) is 1. The molecule has 2 amide bonds. The summed E-state index contributed by atoms with van der Waals surface area (Å²) in [4.78, 5) is 16.7. The maximum absolute atomic E-state index is 11.5. The van der Waals surface area contributed by atoms with Gasteiger partial charge in [0.05, 0.1) is 6.61 Å². The molecule has 2 N–H and O–H groups in total. The second kappa shape index (κ2) is 5.08. The van der Waals surface area contributed by atoms with Crippen molar-refractivity contribution in [2.45, 2.75) is 19.4 Å². The van der Waals surface area contributed by atoms with Crippen molar-refractivity contribution in [1.82, 2.24) is 4.90 Å². The lowest BCUT2D eigenvalue weighted by Gasteiger charge is -2.20. The van der Waals surface area contributed by atoms with E-state index >= 15 is 0 Å². The quantitative estimate of drug-likeness (QED) is 0.884. The first-order valence-electron chi connectivity index (χ1n) is 5.97. The van der Waals surface area contributed by atoms with Gasteiger partial charge in [-0.15, -0.1) is 0 Å². The summed E-state index contributed by atoms with van der Waals surface area (Å²) < 4.78 is 5.57. The number of benzene rings is 1. The van der Waals surface area contributed by atoms with Gasteiger partial charge < -0.3 is 15.4 Å². The maximum Gasteiger partial charge on any atom is 0.345 e. The third-order valence-electron chi connectivity index (χ3n) is 2.84. The number of carbonyl (C=O) groups excluding carboxylic acids is 1. The van der Waals surface area contributed by atoms with Crippen LogP contribution in [0.15, 0.2) is 29.3 Å². The highest BCUT2D eigenvalue weighted by Crippen LogP contribution is 2.27. The first-order valence-corrected chi connectivity index (χ1v) is 5.97. The summed E-state index contributed by atoms with van der Waals surface area (Å²) in [5.41, 5.74) is 6.70. The lowest BCUT2D eigenvalue weighted by molar-refractivity contribution is 0.218. The minimum atomic E-state index is -0.308. The van der Waals surface area contributed by atoms with E-state index in [4.69, 9.17) is 10.5 Å². The Morgan fingerprint density at radius 2 is 2.28 bits per heavy atom. The Morgan fingerprint density at radius 1 is 1.50 bits per heavy atom. The van der Waals surface area contributed by atoms with Crippen LogP contribution in [0, 0.1) is 0 Å². The summed E-state index contributed by atoms with van der Waals surface area (Å²) >= 11 is 0. The van der Waals surface area contributed by atoms with E-state index in [1.54, 1.807) is 7.05 Å². The van der Waals surface area contributed by atoms with Crippen LogP contribution in [0.2, 0.25) is 0 Å². The van der Waals surface area contributed by atoms with Crippen LogP contribution in [-0.4, -0.2) is 30.4 Å². The third-order valence-corrected chi connectivity index (χ3v) is 2.84. The third kappa shape index (κ3) is 2.30. The molecule has 18 heavy (non-hydrogen) atoms. The number of hydrogen-bond acceptors (Lipinski definition) is 3. The molecule has 1 heterocycles. The van der Waals surface area contributed by atoms with Gasteiger partial charge in [0.1, 0.15) is 17.6 Å². The number of amides is 2. The van der Waals surface area contributed by atoms with Crippen molar-refractivity contribution in [3.8, 4) is 5.75 Å². The molecule has 0 bridgehead atoms. The van der Waals surface area contributed by atoms with Gasteiger partial charge in [0.25, 0.3) is 0 Å². The van der Waals surface area contributed by atoms with Crippen LogP contribution in [0.4, 0.5) is 4.79 Å². The number of amidine groups is 1. The predicted octanol–water partition coefficient (Wildman–Crippen LogP) is 1.94. The molecule has 96 valence electrons. The molecule has 0 saturated carbocycles. The molecule has 0 radical (unpaired) electrons. The smallest absolute Gasteiger partial charge is 0.345 e. The number of carbonyl (C=O) groups is 1. The first-order chi connectivity index (χ1) is 8.63. The van der Waals surface area contributed by atoms with Crippen LogP contribution in [0.3, 0.4) is 0 Å². The molecule has 1 atom stereocenters. The molecule has 0 spiro atoms. The molecule has 0 aliphatic carbocycles. The van der Waals surface area contributed by atoms with Crippen molar-refractivity contribution in [2.24, 2.45) is 10.7 Å². The largest absolute Gasteiger partial charge is 0.494 e. The predicted molar refractivity (Wildman–Crippen MR) is 69.8 cm³/mol. The van der Waals surface area contributed by atoms with Crippen LogP contribution in [0.1, 0.15) is 24.9 Å². The molecule has 1 aliphatic rings. The van der Waals surface area contributed by atoms with Crippen molar-refractivity contribution in [1.29, 1.82) is 0 Å². The molecule has 1 aliphatic heterocycles. The minimum absolute atomic E-state index is 0.289. The van der Waals surface area contributed by atoms with Gasteiger partial charge in [-0.3, -0.25) is 0 Å². The van der Waals surface area contributed by atoms with Gasteiger partial charge in [-0.1, -0.05) is 19.1 Å². The Labute approximate surface area is 106 Å². The Balaban J connectivity index is 2.23. The van der Waals surface area contributed by atoms with E-state index in [9.17, 15) is 4.79 Å². The van der Waals surface area contributed by atoms with Crippen LogP contribution in [0.5, 0.6) is 5.75 Å². The molecule has 1 unspecified atom stereocenters. The summed E-state index contributed by atoms with van der Waals surface area (Å²) in [6.07, 6.45) is 0.954. The van der Waals surface area contributed by atoms with Gasteiger partial charge >= 0.3 is 6.03 Å². The van der Waals surface area contributed by atoms with E-state index < -0.39 is 0 Å². The van der Waals surface area contributed by atoms with Gasteiger partial charge in [0.2, 0.25) is 0 Å². The molecule has 2 rings (SSSR count). The highest BCUT2D eigenvalue weighted by atomic mass is 16.5. The summed E-state index contributed by atoms with van der Waals surface area (Å²) in [7, 11) is 1.69. The fourth-order valence-electron chi connectivity index (χ4n) is 1.95. The summed E-state index contributed by atoms with van der Waals surface area (Å²) in [5.74, 6) is 1.12. The number of rotatable bonds is 4. The number of nitrogens with zero attached hydrogens (tertiary/aromatic N) is 2. The van der Waals surface area contributed by atoms with E-state index in [1.165, 1.54) is 4.90 Å². The average Bonchev–Trinajstić information content (AvgIpc) is 2.61. The van der Waals surface area contributed by atoms with Gasteiger partial charge in [0.15, 0.2) is 0 Å². The second-order valence-electron chi connectivity index (χ2n) is 4.25. The van der Waals surface area contributed by atoms with Crippen molar-refractivity contribution in [2.75, 3.05) is 13.7 Å². The molecule has 1 aromatic rings. The Morgan fingerprint density at radius 3 is 2.89 bits per heavy atom. The van der Waals surface area contributed by atoms with E-state index in [2.05, 4.69) is 11.9 Å². The van der Waals surface area contributed by atoms with Crippen molar-refractivity contribution < 1.29 is 9.53 Å². The minimum Gasteiger partial charge on any atom is -0.494 e. The highest BCUT2D eigenvalue weighted by molar-refractivity contribution is 6.03. The zero-order valence-electron chi connectivity index (χ0n) is 10.6. The molecule has 0 fully saturated rings. The topological polar surface area (TPSA) is 67.9 Å². The van der Waals surface area contributed by atoms with Gasteiger partial charge in [0, 0.05) is 7.05 Å². The number of aliphatic imine (C=N–C) groups is 1. The summed E-state index contributed by atoms with van der Waals surface area (Å²) in [5, 5.41) is 0. The zero-order chi connectivity index (χ0) is 13.1.